The van der Waals surface area contributed by atoms with Crippen molar-refractivity contribution in [3.63, 3.8) is 0 Å². The Kier molecular flexibility index (Phi) is 4.75. The molecule has 0 heterocycles. The molecule has 0 saturated carbocycles. The van der Waals surface area contributed by atoms with Crippen molar-refractivity contribution in [2.75, 3.05) is 7.11 Å². The predicted molar refractivity (Wildman–Crippen MR) is 74.3 cm³/mol. The van der Waals surface area contributed by atoms with Crippen molar-refractivity contribution in [2.24, 2.45) is 0 Å². The molecule has 0 aliphatic heterocycles. The van der Waals surface area contributed by atoms with Gasteiger partial charge in [-0.2, -0.15) is 0 Å². The van der Waals surface area contributed by atoms with Crippen LogP contribution in [0.2, 0.25) is 0 Å². The quantitative estimate of drug-likeness (QED) is 0.915. The fourth-order valence-corrected chi connectivity index (χ4v) is 1.92. The van der Waals surface area contributed by atoms with Gasteiger partial charge in [0, 0.05) is 17.2 Å². The number of hydrogen-bond donors (Lipinski definition) is 1. The second-order valence-corrected chi connectivity index (χ2v) is 4.58. The summed E-state index contributed by atoms with van der Waals surface area (Å²) in [4.78, 5) is 0. The Morgan fingerprint density at radius 3 is 2.57 bits per heavy atom. The number of halogens is 2. The van der Waals surface area contributed by atoms with Crippen molar-refractivity contribution < 1.29 is 23.4 Å². The number of aliphatic hydroxyl groups excluding tert-OH is 1. The van der Waals surface area contributed by atoms with Gasteiger partial charge in [0.1, 0.15) is 18.2 Å². The lowest BCUT2D eigenvalue weighted by atomic mass is 10.1. The molecule has 0 unspecified atom stereocenters. The van der Waals surface area contributed by atoms with E-state index < -0.39 is 17.7 Å². The highest BCUT2D eigenvalue weighted by atomic mass is 19.1. The Bertz CT molecular complexity index is 627. The van der Waals surface area contributed by atoms with Crippen molar-refractivity contribution in [3.8, 4) is 11.5 Å². The highest BCUT2D eigenvalue weighted by Gasteiger charge is 2.11. The zero-order valence-corrected chi connectivity index (χ0v) is 11.8. The fourth-order valence-electron chi connectivity index (χ4n) is 1.92. The van der Waals surface area contributed by atoms with Gasteiger partial charge >= 0.3 is 0 Å². The minimum absolute atomic E-state index is 0.0451. The van der Waals surface area contributed by atoms with Crippen LogP contribution in [0.4, 0.5) is 8.78 Å². The molecular weight excluding hydrogens is 278 g/mol. The van der Waals surface area contributed by atoms with Gasteiger partial charge in [0.05, 0.1) is 13.2 Å². The summed E-state index contributed by atoms with van der Waals surface area (Å²) in [5.41, 5.74) is 0.504. The van der Waals surface area contributed by atoms with Crippen LogP contribution in [0.1, 0.15) is 24.2 Å². The van der Waals surface area contributed by atoms with E-state index in [9.17, 15) is 13.9 Å². The number of rotatable bonds is 5. The molecular formula is C16H16F2O3. The molecule has 0 radical (unpaired) electrons. The first-order chi connectivity index (χ1) is 10.0. The van der Waals surface area contributed by atoms with Gasteiger partial charge in [0.25, 0.3) is 0 Å². The molecule has 0 saturated heterocycles. The van der Waals surface area contributed by atoms with E-state index in [1.807, 2.05) is 0 Å². The molecule has 0 amide bonds. The molecule has 2 aromatic carbocycles. The minimum atomic E-state index is -0.894. The molecule has 3 nitrogen and oxygen atoms in total. The van der Waals surface area contributed by atoms with Gasteiger partial charge in [0.15, 0.2) is 11.6 Å². The number of hydrogen-bond acceptors (Lipinski definition) is 3. The molecule has 2 rings (SSSR count). The molecule has 0 spiro atoms. The average molecular weight is 294 g/mol. The third-order valence-electron chi connectivity index (χ3n) is 3.08. The summed E-state index contributed by atoms with van der Waals surface area (Å²) in [5.74, 6) is -0.666. The maximum atomic E-state index is 13.9. The molecule has 0 aliphatic carbocycles. The molecule has 5 heteroatoms. The van der Waals surface area contributed by atoms with E-state index in [-0.39, 0.29) is 23.7 Å². The van der Waals surface area contributed by atoms with Gasteiger partial charge in [-0.1, -0.05) is 12.1 Å². The average Bonchev–Trinajstić information content (AvgIpc) is 2.46. The Labute approximate surface area is 121 Å². The molecule has 1 N–H and O–H groups in total. The van der Waals surface area contributed by atoms with Crippen LogP contribution in [0.3, 0.4) is 0 Å². The van der Waals surface area contributed by atoms with Gasteiger partial charge in [-0.15, -0.1) is 0 Å². The van der Waals surface area contributed by atoms with Crippen molar-refractivity contribution in [2.45, 2.75) is 19.6 Å². The lowest BCUT2D eigenvalue weighted by molar-refractivity contribution is 0.193. The topological polar surface area (TPSA) is 38.7 Å². The smallest absolute Gasteiger partial charge is 0.171 e. The zero-order valence-electron chi connectivity index (χ0n) is 11.8. The highest BCUT2D eigenvalue weighted by Crippen LogP contribution is 2.24. The lowest BCUT2D eigenvalue weighted by Crippen LogP contribution is -2.02. The SMILES string of the molecule is COc1cccc(COc2ccc([C@@H](C)O)c(F)c2)c1F. The van der Waals surface area contributed by atoms with Gasteiger partial charge in [-0.3, -0.25) is 0 Å². The van der Waals surface area contributed by atoms with Crippen molar-refractivity contribution >= 4 is 0 Å². The van der Waals surface area contributed by atoms with Crippen LogP contribution >= 0.6 is 0 Å². The first-order valence-corrected chi connectivity index (χ1v) is 6.44. The third-order valence-corrected chi connectivity index (χ3v) is 3.08. The summed E-state index contributed by atoms with van der Waals surface area (Å²) < 4.78 is 37.9. The zero-order chi connectivity index (χ0) is 15.4. The van der Waals surface area contributed by atoms with E-state index in [4.69, 9.17) is 9.47 Å². The van der Waals surface area contributed by atoms with Crippen LogP contribution < -0.4 is 9.47 Å². The number of ether oxygens (including phenoxy) is 2. The summed E-state index contributed by atoms with van der Waals surface area (Å²) in [6.45, 7) is 1.43. The third kappa shape index (κ3) is 3.49. The summed E-state index contributed by atoms with van der Waals surface area (Å²) in [6, 6.07) is 8.87. The first-order valence-electron chi connectivity index (χ1n) is 6.44. The molecule has 1 atom stereocenters. The second kappa shape index (κ2) is 6.54. The molecule has 112 valence electrons. The Morgan fingerprint density at radius 2 is 1.95 bits per heavy atom. The summed E-state index contributed by atoms with van der Waals surface area (Å²) in [7, 11) is 1.38. The van der Waals surface area contributed by atoms with E-state index in [1.54, 1.807) is 12.1 Å². The first kappa shape index (κ1) is 15.3. The minimum Gasteiger partial charge on any atom is -0.494 e. The Balaban J connectivity index is 2.12. The molecule has 0 fully saturated rings. The van der Waals surface area contributed by atoms with E-state index in [1.165, 1.54) is 38.3 Å². The summed E-state index contributed by atoms with van der Waals surface area (Å²) in [6.07, 6.45) is -0.894. The summed E-state index contributed by atoms with van der Waals surface area (Å²) >= 11 is 0. The number of methoxy groups -OCH3 is 1. The molecule has 0 aromatic heterocycles. The molecule has 2 aromatic rings. The van der Waals surface area contributed by atoms with Crippen molar-refractivity contribution in [1.82, 2.24) is 0 Å². The normalized spacial score (nSPS) is 12.0. The van der Waals surface area contributed by atoms with Gasteiger partial charge < -0.3 is 14.6 Å². The van der Waals surface area contributed by atoms with E-state index in [0.717, 1.165) is 0 Å². The highest BCUT2D eigenvalue weighted by molar-refractivity contribution is 5.33. The van der Waals surface area contributed by atoms with Crippen molar-refractivity contribution in [3.05, 3.63) is 59.2 Å². The fraction of sp³-hybridized carbons (Fsp3) is 0.250. The standard InChI is InChI=1S/C16H16F2O3/c1-10(19)13-7-6-12(8-14(13)17)21-9-11-4-3-5-15(20-2)16(11)18/h3-8,10,19H,9H2,1-2H3/t10-/m1/s1. The van der Waals surface area contributed by atoms with Crippen LogP contribution in [0, 0.1) is 11.6 Å². The predicted octanol–water partition coefficient (Wildman–Crippen LogP) is 3.61. The van der Waals surface area contributed by atoms with Crippen LogP contribution in [0.15, 0.2) is 36.4 Å². The molecule has 0 aliphatic rings. The van der Waals surface area contributed by atoms with Gasteiger partial charge in [-0.25, -0.2) is 8.78 Å². The molecule has 0 bridgehead atoms. The number of aliphatic hydroxyl groups is 1. The largest absolute Gasteiger partial charge is 0.494 e. The van der Waals surface area contributed by atoms with Crippen molar-refractivity contribution in [1.29, 1.82) is 0 Å². The Hall–Kier alpha value is -2.14. The van der Waals surface area contributed by atoms with Crippen LogP contribution in [0.5, 0.6) is 11.5 Å². The van der Waals surface area contributed by atoms with E-state index in [0.29, 0.717) is 5.56 Å². The van der Waals surface area contributed by atoms with E-state index >= 15 is 0 Å². The Morgan fingerprint density at radius 1 is 1.19 bits per heavy atom. The monoisotopic (exact) mass is 294 g/mol. The molecule has 21 heavy (non-hydrogen) atoms. The van der Waals surface area contributed by atoms with Crippen LogP contribution in [0.25, 0.3) is 0 Å². The van der Waals surface area contributed by atoms with Gasteiger partial charge in [-0.05, 0) is 25.1 Å². The number of benzene rings is 2. The summed E-state index contributed by atoms with van der Waals surface area (Å²) in [5, 5.41) is 9.35. The van der Waals surface area contributed by atoms with Crippen LogP contribution in [-0.4, -0.2) is 12.2 Å². The van der Waals surface area contributed by atoms with E-state index in [2.05, 4.69) is 0 Å². The van der Waals surface area contributed by atoms with Crippen LogP contribution in [-0.2, 0) is 6.61 Å². The lowest BCUT2D eigenvalue weighted by Gasteiger charge is -2.11. The maximum absolute atomic E-state index is 13.9. The maximum Gasteiger partial charge on any atom is 0.171 e. The van der Waals surface area contributed by atoms with Gasteiger partial charge in [0.2, 0.25) is 0 Å². The second-order valence-electron chi connectivity index (χ2n) is 4.58.